The van der Waals surface area contributed by atoms with E-state index < -0.39 is 98.8 Å². The Morgan fingerprint density at radius 3 is 2.54 bits per heavy atom. The number of allylic oxidation sites excluding steroid dienone is 1. The Balaban J connectivity index is 1.24. The van der Waals surface area contributed by atoms with Crippen LogP contribution in [0.25, 0.3) is 22.0 Å². The number of carboxylic acid groups (broad SMARTS) is 1. The number of halogens is 3. The number of aromatic nitrogens is 3. The molecule has 5 aliphatic rings. The van der Waals surface area contributed by atoms with Crippen LogP contribution in [0.4, 0.5) is 18.0 Å². The van der Waals surface area contributed by atoms with Gasteiger partial charge in [0.05, 0.1) is 23.1 Å². The van der Waals surface area contributed by atoms with Gasteiger partial charge in [-0.15, -0.1) is 11.3 Å². The molecule has 350 valence electrons. The summed E-state index contributed by atoms with van der Waals surface area (Å²) in [6.07, 6.45) is 1.16. The van der Waals surface area contributed by atoms with Crippen LogP contribution in [0.3, 0.4) is 0 Å². The number of carbonyl (C=O) groups is 4. The lowest BCUT2D eigenvalue weighted by molar-refractivity contribution is -0.200. The number of fused-ring (bicyclic) bond motifs is 2. The maximum absolute atomic E-state index is 16.0. The molecule has 3 N–H and O–H groups in total. The summed E-state index contributed by atoms with van der Waals surface area (Å²) in [6.45, 7) is 5.26. The number of alkyl halides is 3. The van der Waals surface area contributed by atoms with E-state index in [-0.39, 0.29) is 48.9 Å². The average molecular weight is 944 g/mol. The predicted molar refractivity (Wildman–Crippen MR) is 231 cm³/mol. The molecule has 4 amide bonds. The van der Waals surface area contributed by atoms with Crippen LogP contribution in [0.5, 0.6) is 5.75 Å². The summed E-state index contributed by atoms with van der Waals surface area (Å²) in [5.74, 6) is -5.28. The fourth-order valence-corrected chi connectivity index (χ4v) is 11.4. The zero-order valence-electron chi connectivity index (χ0n) is 36.1. The third-order valence-electron chi connectivity index (χ3n) is 13.4. The number of carbonyl (C=O) groups excluding carboxylic acids is 3. The van der Waals surface area contributed by atoms with Crippen LogP contribution in [0.15, 0.2) is 60.4 Å². The Kier molecular flexibility index (Phi) is 12.8. The normalized spacial score (nSPS) is 31.0. The van der Waals surface area contributed by atoms with Gasteiger partial charge >= 0.3 is 12.3 Å². The Morgan fingerprint density at radius 2 is 1.89 bits per heavy atom. The highest BCUT2D eigenvalue weighted by atomic mass is 32.2. The molecule has 8 rings (SSSR count). The highest BCUT2D eigenvalue weighted by molar-refractivity contribution is 7.91. The van der Waals surface area contributed by atoms with E-state index in [4.69, 9.17) is 9.47 Å². The van der Waals surface area contributed by atoms with Crippen molar-refractivity contribution in [3.8, 4) is 27.7 Å². The van der Waals surface area contributed by atoms with Crippen LogP contribution in [0, 0.1) is 17.8 Å². The van der Waals surface area contributed by atoms with Gasteiger partial charge in [0.2, 0.25) is 21.8 Å². The molecule has 16 nitrogen and oxygen atoms in total. The Morgan fingerprint density at radius 1 is 1.12 bits per heavy atom. The third-order valence-corrected chi connectivity index (χ3v) is 16.4. The van der Waals surface area contributed by atoms with Crippen molar-refractivity contribution in [2.75, 3.05) is 13.2 Å². The van der Waals surface area contributed by atoms with Crippen LogP contribution in [-0.2, 0) is 29.1 Å². The fraction of sp³-hybridized carbons (Fsp3) is 0.568. The number of hydrogen-bond acceptors (Lipinski definition) is 12. The zero-order valence-corrected chi connectivity index (χ0v) is 37.7. The molecule has 2 aliphatic carbocycles. The van der Waals surface area contributed by atoms with Gasteiger partial charge in [-0.25, -0.2) is 23.2 Å². The third kappa shape index (κ3) is 9.45. The van der Waals surface area contributed by atoms with Gasteiger partial charge in [0.1, 0.15) is 40.2 Å². The average Bonchev–Trinajstić information content (AvgIpc) is 4.02. The minimum absolute atomic E-state index is 0.0616. The molecule has 3 aromatic rings. The second-order valence-corrected chi connectivity index (χ2v) is 21.4. The van der Waals surface area contributed by atoms with Crippen molar-refractivity contribution in [2.24, 2.45) is 17.8 Å². The number of nitrogens with one attached hydrogen (secondary N) is 2. The van der Waals surface area contributed by atoms with Crippen molar-refractivity contribution in [1.29, 1.82) is 0 Å². The van der Waals surface area contributed by atoms with Gasteiger partial charge < -0.3 is 24.8 Å². The molecule has 9 atom stereocenters. The van der Waals surface area contributed by atoms with E-state index in [0.717, 1.165) is 4.90 Å². The molecular formula is C44H52F3N7O9S2. The Hall–Kier alpha value is -5.15. The Labute approximate surface area is 378 Å². The lowest BCUT2D eigenvalue weighted by Gasteiger charge is -2.43. The number of ether oxygens (including phenoxy) is 2. The molecule has 65 heavy (non-hydrogen) atoms. The number of sulfonamides is 1. The van der Waals surface area contributed by atoms with Crippen LogP contribution in [0.2, 0.25) is 0 Å². The van der Waals surface area contributed by atoms with Crippen molar-refractivity contribution in [3.05, 3.63) is 60.4 Å². The second kappa shape index (κ2) is 17.9. The van der Waals surface area contributed by atoms with Gasteiger partial charge in [-0.1, -0.05) is 26.0 Å². The summed E-state index contributed by atoms with van der Waals surface area (Å²) in [6, 6.07) is -1.17. The number of thiazole rings is 1. The summed E-state index contributed by atoms with van der Waals surface area (Å²) in [7, 11) is -4.21. The van der Waals surface area contributed by atoms with Gasteiger partial charge in [0.15, 0.2) is 6.04 Å². The van der Waals surface area contributed by atoms with Crippen LogP contribution in [-0.4, -0.2) is 122 Å². The largest absolute Gasteiger partial charge is 0.488 e. The SMILES string of the molecule is C[C@@H]1CC/C=C\[C@@H]2C[C@@]2(C(=O)NS(=O)(=O)C2(C)CC2)NC(=O)[C@@H]2C[C@@H](Oc3cc(-c4cccnc4)nc(-c4nccs4)c3)C(C(F)(F)F)N2C(=O)[C@@H](N(C(=O)O)C2CCCOC2)[C@H](C)C1. The smallest absolute Gasteiger partial charge is 0.412 e. The molecule has 3 aliphatic heterocycles. The summed E-state index contributed by atoms with van der Waals surface area (Å²) in [5.41, 5.74) is -0.814. The maximum Gasteiger partial charge on any atom is 0.412 e. The molecule has 0 spiro atoms. The van der Waals surface area contributed by atoms with Gasteiger partial charge in [0.25, 0.3) is 5.91 Å². The van der Waals surface area contributed by atoms with Crippen LogP contribution < -0.4 is 14.8 Å². The van der Waals surface area contributed by atoms with E-state index in [1.54, 1.807) is 36.7 Å². The van der Waals surface area contributed by atoms with E-state index in [9.17, 15) is 27.9 Å². The number of rotatable bonds is 9. The topological polar surface area (TPSA) is 210 Å². The predicted octanol–water partition coefficient (Wildman–Crippen LogP) is 5.96. The first-order valence-electron chi connectivity index (χ1n) is 21.8. The van der Waals surface area contributed by atoms with Gasteiger partial charge in [0, 0.05) is 60.6 Å². The highest BCUT2D eigenvalue weighted by Crippen LogP contribution is 2.49. The van der Waals surface area contributed by atoms with Crippen LogP contribution in [0.1, 0.15) is 78.6 Å². The number of nitrogens with zero attached hydrogens (tertiary/aromatic N) is 5. The molecular weight excluding hydrogens is 892 g/mol. The van der Waals surface area contributed by atoms with E-state index in [2.05, 4.69) is 25.0 Å². The van der Waals surface area contributed by atoms with Gasteiger partial charge in [-0.3, -0.25) is 29.0 Å². The first-order valence-corrected chi connectivity index (χ1v) is 24.2. The second-order valence-electron chi connectivity index (χ2n) is 18.3. The van der Waals surface area contributed by atoms with E-state index >= 15 is 18.0 Å². The number of pyridine rings is 2. The van der Waals surface area contributed by atoms with Crippen molar-refractivity contribution >= 4 is 45.2 Å². The fourth-order valence-electron chi connectivity index (χ4n) is 9.53. The minimum Gasteiger partial charge on any atom is -0.488 e. The lowest BCUT2D eigenvalue weighted by Crippen LogP contribution is -2.64. The number of hydrogen-bond donors (Lipinski definition) is 3. The zero-order chi connectivity index (χ0) is 46.5. The first-order chi connectivity index (χ1) is 30.8. The van der Waals surface area contributed by atoms with E-state index in [1.165, 1.54) is 42.8 Å². The monoisotopic (exact) mass is 943 g/mol. The summed E-state index contributed by atoms with van der Waals surface area (Å²) < 4.78 is 87.6. The molecule has 0 radical (unpaired) electrons. The molecule has 0 bridgehead atoms. The molecule has 3 aromatic heterocycles. The van der Waals surface area contributed by atoms with Gasteiger partial charge in [-0.05, 0) is 82.3 Å². The molecule has 2 saturated carbocycles. The Bertz CT molecular complexity index is 2420. The summed E-state index contributed by atoms with van der Waals surface area (Å²) >= 11 is 1.23. The van der Waals surface area contributed by atoms with Gasteiger partial charge in [-0.2, -0.15) is 13.2 Å². The molecule has 4 fully saturated rings. The molecule has 2 saturated heterocycles. The van der Waals surface area contributed by atoms with Crippen molar-refractivity contribution in [2.45, 2.75) is 125 Å². The molecule has 2 unspecified atom stereocenters. The quantitative estimate of drug-likeness (QED) is 0.212. The van der Waals surface area contributed by atoms with Crippen molar-refractivity contribution in [3.63, 3.8) is 0 Å². The standard InChI is InChI=1S/C44H52F3N7O9S2/c1-25-8-4-5-10-28-22-43(28,40(57)52-65(60,61)42(3)12-13-42)51-37(55)33-21-34(63-30-19-31(27-9-6-14-48-23-27)50-32(20-30)38-49-15-17-64-38)36(44(45,46)47)54(33)39(56)35(26(2)18-25)53(41(58)59)29-11-7-16-62-24-29/h5-6,9-10,14-15,17,19-20,23,25-26,28-29,33-36H,4,7-8,11-13,16,18,21-22,24H2,1-3H3,(H,51,55)(H,52,57)(H,58,59)/b10-5-/t25-,26-,28-,29?,33+,34-,35+,36?,43-/m1/s1. The number of amides is 4. The van der Waals surface area contributed by atoms with Crippen molar-refractivity contribution < 1.29 is 55.3 Å². The highest BCUT2D eigenvalue weighted by Gasteiger charge is 2.66. The molecule has 6 heterocycles. The van der Waals surface area contributed by atoms with E-state index in [0.29, 0.717) is 54.2 Å². The van der Waals surface area contributed by atoms with E-state index in [1.807, 2.05) is 13.0 Å². The minimum atomic E-state index is -5.26. The maximum atomic E-state index is 16.0. The van der Waals surface area contributed by atoms with Crippen molar-refractivity contribution in [1.82, 2.24) is 34.8 Å². The van der Waals surface area contributed by atoms with Crippen LogP contribution >= 0.6 is 11.3 Å². The first kappa shape index (κ1) is 46.4. The molecule has 0 aromatic carbocycles. The lowest BCUT2D eigenvalue weighted by atomic mass is 9.86. The summed E-state index contributed by atoms with van der Waals surface area (Å²) in [4.78, 5) is 72.3. The molecule has 21 heteroatoms. The summed E-state index contributed by atoms with van der Waals surface area (Å²) in [5, 5.41) is 15.6.